The standard InChI is InChI=1S/C15H17N3S/c1-10-7-11(2)9-13(8-10)17-15(19)18-14-6-4-5-12(3)16-14/h4-9H,1-3H3,(H2,16,17,18,19). The molecule has 4 heteroatoms. The van der Waals surface area contributed by atoms with Crippen molar-refractivity contribution in [2.24, 2.45) is 0 Å². The molecule has 1 heterocycles. The summed E-state index contributed by atoms with van der Waals surface area (Å²) in [5.41, 5.74) is 4.36. The summed E-state index contributed by atoms with van der Waals surface area (Å²) in [6.45, 7) is 6.08. The zero-order chi connectivity index (χ0) is 13.8. The number of thiocarbonyl (C=S) groups is 1. The van der Waals surface area contributed by atoms with Gasteiger partial charge >= 0.3 is 0 Å². The van der Waals surface area contributed by atoms with Gasteiger partial charge in [0.2, 0.25) is 0 Å². The summed E-state index contributed by atoms with van der Waals surface area (Å²) in [4.78, 5) is 4.35. The fourth-order valence-corrected chi connectivity index (χ4v) is 2.16. The number of hydrogen-bond acceptors (Lipinski definition) is 2. The van der Waals surface area contributed by atoms with Gasteiger partial charge in [-0.25, -0.2) is 4.98 Å². The van der Waals surface area contributed by atoms with E-state index in [0.717, 1.165) is 17.2 Å². The SMILES string of the molecule is Cc1cc(C)cc(NC(=S)Nc2cccc(C)n2)c1. The van der Waals surface area contributed by atoms with E-state index in [0.29, 0.717) is 5.11 Å². The Balaban J connectivity index is 2.05. The maximum absolute atomic E-state index is 5.29. The average molecular weight is 271 g/mol. The third-order valence-corrected chi connectivity index (χ3v) is 2.81. The second-order valence-corrected chi connectivity index (χ2v) is 5.03. The quantitative estimate of drug-likeness (QED) is 0.814. The molecule has 0 aliphatic rings. The Morgan fingerprint density at radius 3 is 2.32 bits per heavy atom. The Bertz CT molecular complexity index is 588. The highest BCUT2D eigenvalue weighted by molar-refractivity contribution is 7.80. The third-order valence-electron chi connectivity index (χ3n) is 2.61. The molecule has 0 fully saturated rings. The molecule has 3 nitrogen and oxygen atoms in total. The molecular formula is C15H17N3S. The minimum atomic E-state index is 0.545. The summed E-state index contributed by atoms with van der Waals surface area (Å²) in [7, 11) is 0. The highest BCUT2D eigenvalue weighted by Crippen LogP contribution is 2.14. The van der Waals surface area contributed by atoms with Crippen LogP contribution >= 0.6 is 12.2 Å². The lowest BCUT2D eigenvalue weighted by Crippen LogP contribution is -2.20. The molecule has 0 saturated carbocycles. The van der Waals surface area contributed by atoms with Gasteiger partial charge in [-0.3, -0.25) is 0 Å². The number of pyridine rings is 1. The van der Waals surface area contributed by atoms with Gasteiger partial charge in [0.1, 0.15) is 5.82 Å². The Kier molecular flexibility index (Phi) is 4.12. The van der Waals surface area contributed by atoms with Crippen molar-refractivity contribution in [3.8, 4) is 0 Å². The summed E-state index contributed by atoms with van der Waals surface area (Å²) in [5.74, 6) is 0.752. The molecule has 0 aliphatic heterocycles. The predicted octanol–water partition coefficient (Wildman–Crippen LogP) is 3.82. The lowest BCUT2D eigenvalue weighted by molar-refractivity contribution is 1.20. The largest absolute Gasteiger partial charge is 0.332 e. The first-order chi connectivity index (χ1) is 9.02. The maximum atomic E-state index is 5.29. The Morgan fingerprint density at radius 2 is 1.68 bits per heavy atom. The summed E-state index contributed by atoms with van der Waals surface area (Å²) >= 11 is 5.29. The van der Waals surface area contributed by atoms with Gasteiger partial charge in [0.05, 0.1) is 0 Å². The summed E-state index contributed by atoms with van der Waals surface area (Å²) < 4.78 is 0. The number of nitrogens with zero attached hydrogens (tertiary/aromatic N) is 1. The molecule has 0 atom stereocenters. The van der Waals surface area contributed by atoms with Crippen molar-refractivity contribution in [2.45, 2.75) is 20.8 Å². The van der Waals surface area contributed by atoms with Crippen LogP contribution in [0, 0.1) is 20.8 Å². The minimum absolute atomic E-state index is 0.545. The molecule has 2 rings (SSSR count). The third kappa shape index (κ3) is 4.03. The number of rotatable bonds is 2. The zero-order valence-electron chi connectivity index (χ0n) is 11.3. The number of hydrogen-bond donors (Lipinski definition) is 2. The van der Waals surface area contributed by atoms with Crippen LogP contribution in [0.1, 0.15) is 16.8 Å². The van der Waals surface area contributed by atoms with E-state index in [9.17, 15) is 0 Å². The molecule has 1 aromatic carbocycles. The molecule has 2 aromatic rings. The van der Waals surface area contributed by atoms with Crippen molar-refractivity contribution >= 4 is 28.8 Å². The van der Waals surface area contributed by atoms with Crippen molar-refractivity contribution < 1.29 is 0 Å². The van der Waals surface area contributed by atoms with Crippen LogP contribution in [0.15, 0.2) is 36.4 Å². The van der Waals surface area contributed by atoms with Gasteiger partial charge in [-0.1, -0.05) is 12.1 Å². The van der Waals surface area contributed by atoms with Crippen LogP contribution in [0.2, 0.25) is 0 Å². The van der Waals surface area contributed by atoms with Gasteiger partial charge in [0, 0.05) is 11.4 Å². The van der Waals surface area contributed by atoms with Crippen LogP contribution in [0.5, 0.6) is 0 Å². The van der Waals surface area contributed by atoms with Crippen LogP contribution in [0.25, 0.3) is 0 Å². The normalized spacial score (nSPS) is 10.1. The summed E-state index contributed by atoms with van der Waals surface area (Å²) in [6.07, 6.45) is 0. The lowest BCUT2D eigenvalue weighted by Gasteiger charge is -2.11. The minimum Gasteiger partial charge on any atom is -0.332 e. The first kappa shape index (κ1) is 13.5. The van der Waals surface area contributed by atoms with Crippen LogP contribution < -0.4 is 10.6 Å². The van der Waals surface area contributed by atoms with E-state index in [4.69, 9.17) is 12.2 Å². The lowest BCUT2D eigenvalue weighted by atomic mass is 10.1. The van der Waals surface area contributed by atoms with Crippen molar-refractivity contribution in [1.82, 2.24) is 4.98 Å². The number of aryl methyl sites for hydroxylation is 3. The van der Waals surface area contributed by atoms with Gasteiger partial charge in [-0.2, -0.15) is 0 Å². The van der Waals surface area contributed by atoms with Crippen LogP contribution in [-0.2, 0) is 0 Å². The van der Waals surface area contributed by atoms with E-state index in [-0.39, 0.29) is 0 Å². The monoisotopic (exact) mass is 271 g/mol. The summed E-state index contributed by atoms with van der Waals surface area (Å²) in [5, 5.41) is 6.80. The number of nitrogens with one attached hydrogen (secondary N) is 2. The molecule has 2 N–H and O–H groups in total. The topological polar surface area (TPSA) is 37.0 Å². The molecule has 0 bridgehead atoms. The highest BCUT2D eigenvalue weighted by Gasteiger charge is 2.01. The van der Waals surface area contributed by atoms with Gasteiger partial charge in [0.15, 0.2) is 5.11 Å². The second-order valence-electron chi connectivity index (χ2n) is 4.62. The molecule has 1 aromatic heterocycles. The van der Waals surface area contributed by atoms with Crippen LogP contribution in [-0.4, -0.2) is 10.1 Å². The maximum Gasteiger partial charge on any atom is 0.176 e. The molecule has 0 radical (unpaired) electrons. The highest BCUT2D eigenvalue weighted by atomic mass is 32.1. The van der Waals surface area contributed by atoms with Crippen LogP contribution in [0.4, 0.5) is 11.5 Å². The Morgan fingerprint density at radius 1 is 1.00 bits per heavy atom. The predicted molar refractivity (Wildman–Crippen MR) is 84.7 cm³/mol. The number of aromatic nitrogens is 1. The van der Waals surface area contributed by atoms with Gasteiger partial charge in [-0.15, -0.1) is 0 Å². The number of anilines is 2. The van der Waals surface area contributed by atoms with Crippen molar-refractivity contribution in [3.05, 3.63) is 53.2 Å². The Hall–Kier alpha value is -1.94. The van der Waals surface area contributed by atoms with E-state index in [1.165, 1.54) is 11.1 Å². The van der Waals surface area contributed by atoms with Crippen molar-refractivity contribution in [2.75, 3.05) is 10.6 Å². The fourth-order valence-electron chi connectivity index (χ4n) is 1.94. The van der Waals surface area contributed by atoms with Crippen LogP contribution in [0.3, 0.4) is 0 Å². The van der Waals surface area contributed by atoms with Gasteiger partial charge in [0.25, 0.3) is 0 Å². The number of benzene rings is 1. The van der Waals surface area contributed by atoms with Gasteiger partial charge < -0.3 is 10.6 Å². The molecule has 0 saturated heterocycles. The fraction of sp³-hybridized carbons (Fsp3) is 0.200. The molecule has 0 amide bonds. The molecule has 0 unspecified atom stereocenters. The zero-order valence-corrected chi connectivity index (χ0v) is 12.1. The average Bonchev–Trinajstić information content (AvgIpc) is 2.26. The van der Waals surface area contributed by atoms with E-state index in [1.54, 1.807) is 0 Å². The van der Waals surface area contributed by atoms with E-state index < -0.39 is 0 Å². The van der Waals surface area contributed by atoms with E-state index in [1.807, 2.05) is 25.1 Å². The molecule has 0 aliphatic carbocycles. The van der Waals surface area contributed by atoms with Crippen molar-refractivity contribution in [1.29, 1.82) is 0 Å². The first-order valence-electron chi connectivity index (χ1n) is 6.13. The molecule has 98 valence electrons. The Labute approximate surface area is 119 Å². The van der Waals surface area contributed by atoms with E-state index >= 15 is 0 Å². The van der Waals surface area contributed by atoms with E-state index in [2.05, 4.69) is 47.7 Å². The smallest absolute Gasteiger partial charge is 0.176 e. The summed E-state index contributed by atoms with van der Waals surface area (Å²) in [6, 6.07) is 12.0. The molecule has 19 heavy (non-hydrogen) atoms. The first-order valence-corrected chi connectivity index (χ1v) is 6.54. The van der Waals surface area contributed by atoms with Gasteiger partial charge in [-0.05, 0) is 68.4 Å². The second kappa shape index (κ2) is 5.80. The molecular weight excluding hydrogens is 254 g/mol. The van der Waals surface area contributed by atoms with Crippen molar-refractivity contribution in [3.63, 3.8) is 0 Å². The molecule has 0 spiro atoms.